The molecule has 1 aromatic carbocycles. The molecule has 2 N–H and O–H groups in total. The molecule has 14 heteroatoms. The second-order valence-corrected chi connectivity index (χ2v) is 10.1. The van der Waals surface area contributed by atoms with Crippen LogP contribution in [0.2, 0.25) is 0 Å². The van der Waals surface area contributed by atoms with E-state index in [-0.39, 0.29) is 12.6 Å². The smallest absolute Gasteiger partial charge is 0.369 e. The summed E-state index contributed by atoms with van der Waals surface area (Å²) in [6.07, 6.45) is -5.55. The predicted molar refractivity (Wildman–Crippen MR) is 140 cm³/mol. The van der Waals surface area contributed by atoms with Crippen LogP contribution in [-0.2, 0) is 12.4 Å². The summed E-state index contributed by atoms with van der Waals surface area (Å²) in [6.45, 7) is 5.23. The number of alkyl halides is 6. The van der Waals surface area contributed by atoms with Gasteiger partial charge in [-0.15, -0.1) is 0 Å². The average molecular weight is 574 g/mol. The lowest BCUT2D eigenvalue weighted by Crippen LogP contribution is -2.35. The fourth-order valence-corrected chi connectivity index (χ4v) is 4.71. The number of carbonyl (C=O) groups is 1. The molecule has 2 aliphatic heterocycles. The van der Waals surface area contributed by atoms with E-state index in [4.69, 9.17) is 9.97 Å². The number of hydrogen-bond donors (Lipinski definition) is 2. The fraction of sp³-hybridized carbons (Fsp3) is 0.577. The molecule has 2 aliphatic rings. The standard InChI is InChI=1S/C26H33F6N7O/c1-37(13-7-34-23(40)18-14-19(25(27,28)29)16-20(15-18)26(30,31)32)12-6-33-21-17-22(38-8-2-3-9-38)36-24(35-21)39-10-4-5-11-39/h14-17H,2-13H2,1H3,(H,34,40)(H,33,35,36). The zero-order valence-corrected chi connectivity index (χ0v) is 22.2. The minimum absolute atomic E-state index is 0.00258. The van der Waals surface area contributed by atoms with Crippen LogP contribution in [0.1, 0.15) is 47.2 Å². The highest BCUT2D eigenvalue weighted by molar-refractivity contribution is 5.94. The number of aromatic nitrogens is 2. The van der Waals surface area contributed by atoms with Crippen molar-refractivity contribution in [2.75, 3.05) is 74.5 Å². The molecule has 220 valence electrons. The second kappa shape index (κ2) is 12.5. The van der Waals surface area contributed by atoms with E-state index in [9.17, 15) is 31.1 Å². The number of rotatable bonds is 10. The average Bonchev–Trinajstić information content (AvgIpc) is 3.62. The molecule has 3 heterocycles. The molecule has 0 spiro atoms. The van der Waals surface area contributed by atoms with Gasteiger partial charge in [0.25, 0.3) is 5.91 Å². The Morgan fingerprint density at radius 1 is 0.825 bits per heavy atom. The highest BCUT2D eigenvalue weighted by Gasteiger charge is 2.37. The van der Waals surface area contributed by atoms with E-state index in [1.165, 1.54) is 0 Å². The predicted octanol–water partition coefficient (Wildman–Crippen LogP) is 4.49. The van der Waals surface area contributed by atoms with Crippen LogP contribution in [0, 0.1) is 0 Å². The quantitative estimate of drug-likeness (QED) is 0.406. The van der Waals surface area contributed by atoms with Crippen molar-refractivity contribution < 1.29 is 31.1 Å². The van der Waals surface area contributed by atoms with Crippen LogP contribution in [0.25, 0.3) is 0 Å². The number of likely N-dealkylation sites (N-methyl/N-ethyl adjacent to an activating group) is 1. The van der Waals surface area contributed by atoms with Crippen molar-refractivity contribution >= 4 is 23.5 Å². The molecular formula is C26H33F6N7O. The van der Waals surface area contributed by atoms with Crippen LogP contribution in [0.5, 0.6) is 0 Å². The van der Waals surface area contributed by atoms with Gasteiger partial charge in [-0.3, -0.25) is 4.79 Å². The molecule has 2 fully saturated rings. The Morgan fingerprint density at radius 2 is 1.38 bits per heavy atom. The van der Waals surface area contributed by atoms with Crippen LogP contribution in [0.15, 0.2) is 24.3 Å². The van der Waals surface area contributed by atoms with E-state index in [0.717, 1.165) is 57.7 Å². The molecule has 0 unspecified atom stereocenters. The number of halogens is 6. The molecule has 40 heavy (non-hydrogen) atoms. The van der Waals surface area contributed by atoms with Crippen LogP contribution in [0.3, 0.4) is 0 Å². The van der Waals surface area contributed by atoms with Gasteiger partial charge in [0.15, 0.2) is 0 Å². The molecule has 8 nitrogen and oxygen atoms in total. The van der Waals surface area contributed by atoms with Gasteiger partial charge in [0.2, 0.25) is 5.95 Å². The highest BCUT2D eigenvalue weighted by atomic mass is 19.4. The summed E-state index contributed by atoms with van der Waals surface area (Å²) < 4.78 is 78.5. The topological polar surface area (TPSA) is 76.6 Å². The zero-order chi connectivity index (χ0) is 28.9. The lowest BCUT2D eigenvalue weighted by molar-refractivity contribution is -0.143. The molecule has 2 saturated heterocycles. The van der Waals surface area contributed by atoms with Crippen LogP contribution >= 0.6 is 0 Å². The maximum Gasteiger partial charge on any atom is 0.416 e. The van der Waals surface area contributed by atoms with E-state index in [0.29, 0.717) is 43.5 Å². The third kappa shape index (κ3) is 7.89. The number of carbonyl (C=O) groups excluding carboxylic acids is 1. The van der Waals surface area contributed by atoms with E-state index in [2.05, 4.69) is 20.4 Å². The van der Waals surface area contributed by atoms with Gasteiger partial charge >= 0.3 is 12.4 Å². The van der Waals surface area contributed by atoms with Crippen molar-refractivity contribution in [2.24, 2.45) is 0 Å². The summed E-state index contributed by atoms with van der Waals surface area (Å²) >= 11 is 0. The van der Waals surface area contributed by atoms with Gasteiger partial charge in [0.1, 0.15) is 11.6 Å². The molecule has 4 rings (SSSR count). The summed E-state index contributed by atoms with van der Waals surface area (Å²) in [6, 6.07) is 2.78. The number of benzene rings is 1. The van der Waals surface area contributed by atoms with Gasteiger partial charge in [-0.05, 0) is 50.9 Å². The van der Waals surface area contributed by atoms with Gasteiger partial charge in [0, 0.05) is 64.0 Å². The normalized spacial score (nSPS) is 16.2. The van der Waals surface area contributed by atoms with Gasteiger partial charge in [0.05, 0.1) is 11.1 Å². The first-order valence-electron chi connectivity index (χ1n) is 13.3. The lowest BCUT2D eigenvalue weighted by Gasteiger charge is -2.22. The van der Waals surface area contributed by atoms with Crippen molar-refractivity contribution in [2.45, 2.75) is 38.0 Å². The second-order valence-electron chi connectivity index (χ2n) is 10.1. The van der Waals surface area contributed by atoms with Crippen LogP contribution in [0.4, 0.5) is 43.9 Å². The molecule has 0 aliphatic carbocycles. The van der Waals surface area contributed by atoms with Gasteiger partial charge in [-0.25, -0.2) is 0 Å². The van der Waals surface area contributed by atoms with E-state index in [1.54, 1.807) is 7.05 Å². The fourth-order valence-electron chi connectivity index (χ4n) is 4.71. The Labute approximate surface area is 228 Å². The lowest BCUT2D eigenvalue weighted by atomic mass is 10.0. The molecular weight excluding hydrogens is 540 g/mol. The summed E-state index contributed by atoms with van der Waals surface area (Å²) in [5, 5.41) is 5.73. The largest absolute Gasteiger partial charge is 0.416 e. The first-order valence-corrected chi connectivity index (χ1v) is 13.3. The van der Waals surface area contributed by atoms with Crippen LogP contribution in [-0.4, -0.2) is 80.2 Å². The molecule has 0 radical (unpaired) electrons. The highest BCUT2D eigenvalue weighted by Crippen LogP contribution is 2.36. The van der Waals surface area contributed by atoms with Crippen molar-refractivity contribution in [1.82, 2.24) is 20.2 Å². The van der Waals surface area contributed by atoms with Gasteiger partial charge in [-0.2, -0.15) is 36.3 Å². The van der Waals surface area contributed by atoms with E-state index in [1.807, 2.05) is 11.0 Å². The van der Waals surface area contributed by atoms with Crippen LogP contribution < -0.4 is 20.4 Å². The summed E-state index contributed by atoms with van der Waals surface area (Å²) in [5.74, 6) is 1.32. The number of nitrogens with one attached hydrogen (secondary N) is 2. The first-order chi connectivity index (χ1) is 18.9. The Kier molecular flexibility index (Phi) is 9.26. The molecule has 0 bridgehead atoms. The number of anilines is 3. The number of nitrogens with zero attached hydrogens (tertiary/aromatic N) is 5. The molecule has 1 aromatic heterocycles. The van der Waals surface area contributed by atoms with Gasteiger partial charge in [-0.1, -0.05) is 0 Å². The third-order valence-electron chi connectivity index (χ3n) is 6.95. The van der Waals surface area contributed by atoms with E-state index >= 15 is 0 Å². The van der Waals surface area contributed by atoms with Crippen molar-refractivity contribution in [3.63, 3.8) is 0 Å². The Morgan fingerprint density at radius 3 is 1.95 bits per heavy atom. The van der Waals surface area contributed by atoms with Crippen molar-refractivity contribution in [3.8, 4) is 0 Å². The SMILES string of the molecule is CN(CCNC(=O)c1cc(C(F)(F)F)cc(C(F)(F)F)c1)CCNc1cc(N2CCCC2)nc(N2CCCC2)n1. The summed E-state index contributed by atoms with van der Waals surface area (Å²) in [5.41, 5.74) is -3.75. The maximum absolute atomic E-state index is 13.1. The Hall–Kier alpha value is -3.29. The first kappa shape index (κ1) is 29.7. The van der Waals surface area contributed by atoms with Crippen molar-refractivity contribution in [3.05, 3.63) is 41.0 Å². The monoisotopic (exact) mass is 573 g/mol. The molecule has 1 amide bonds. The van der Waals surface area contributed by atoms with Crippen molar-refractivity contribution in [1.29, 1.82) is 0 Å². The minimum atomic E-state index is -5.02. The third-order valence-corrected chi connectivity index (χ3v) is 6.95. The minimum Gasteiger partial charge on any atom is -0.369 e. The molecule has 2 aromatic rings. The Balaban J connectivity index is 1.29. The summed E-state index contributed by atoms with van der Waals surface area (Å²) in [4.78, 5) is 28.2. The number of amides is 1. The maximum atomic E-state index is 13.1. The van der Waals surface area contributed by atoms with E-state index < -0.39 is 35.0 Å². The summed E-state index contributed by atoms with van der Waals surface area (Å²) in [7, 11) is 1.80. The molecule has 0 saturated carbocycles. The Bertz CT molecular complexity index is 1090. The van der Waals surface area contributed by atoms with Gasteiger partial charge < -0.3 is 25.3 Å². The number of hydrogen-bond acceptors (Lipinski definition) is 7. The zero-order valence-electron chi connectivity index (χ0n) is 22.2. The molecule has 0 atom stereocenters.